The van der Waals surface area contributed by atoms with E-state index in [1.165, 1.54) is 11.8 Å². The van der Waals surface area contributed by atoms with E-state index in [1.807, 2.05) is 42.5 Å². The molecule has 1 heterocycles. The van der Waals surface area contributed by atoms with E-state index in [2.05, 4.69) is 10.5 Å². The van der Waals surface area contributed by atoms with E-state index in [0.29, 0.717) is 16.5 Å². The van der Waals surface area contributed by atoms with Gasteiger partial charge in [-0.05, 0) is 41.5 Å². The molecule has 0 aliphatic carbocycles. The summed E-state index contributed by atoms with van der Waals surface area (Å²) in [5.41, 5.74) is 4.46. The Bertz CT molecular complexity index is 750. The molecule has 124 valence electrons. The van der Waals surface area contributed by atoms with Crippen molar-refractivity contribution in [2.75, 3.05) is 12.5 Å². The normalized spacial score (nSPS) is 12.5. The summed E-state index contributed by atoms with van der Waals surface area (Å²) in [5.74, 6) is 2.34. The van der Waals surface area contributed by atoms with Gasteiger partial charge in [-0.3, -0.25) is 4.79 Å². The molecular formula is C17H15ClN2O3S. The van der Waals surface area contributed by atoms with Crippen LogP contribution in [0, 0.1) is 0 Å². The number of nitrogens with zero attached hydrogens (tertiary/aromatic N) is 1. The summed E-state index contributed by atoms with van der Waals surface area (Å²) in [5, 5.41) is 4.66. The fourth-order valence-electron chi connectivity index (χ4n) is 2.05. The van der Waals surface area contributed by atoms with Gasteiger partial charge in [0.05, 0.1) is 12.0 Å². The maximum Gasteiger partial charge on any atom is 0.250 e. The summed E-state index contributed by atoms with van der Waals surface area (Å²) in [7, 11) is 0. The Morgan fingerprint density at radius 1 is 1.21 bits per heavy atom. The Hall–Kier alpha value is -2.18. The van der Waals surface area contributed by atoms with Gasteiger partial charge in [0.25, 0.3) is 0 Å². The zero-order chi connectivity index (χ0) is 16.8. The van der Waals surface area contributed by atoms with Crippen molar-refractivity contribution in [2.24, 2.45) is 5.10 Å². The molecule has 0 atom stereocenters. The Labute approximate surface area is 149 Å². The average Bonchev–Trinajstić information content (AvgIpc) is 3.04. The monoisotopic (exact) mass is 362 g/mol. The van der Waals surface area contributed by atoms with Crippen LogP contribution in [-0.4, -0.2) is 24.7 Å². The third-order valence-electron chi connectivity index (χ3n) is 3.21. The first-order valence-electron chi connectivity index (χ1n) is 7.24. The number of carbonyl (C=O) groups excluding carboxylic acids is 1. The predicted octanol–water partition coefficient (Wildman–Crippen LogP) is 3.45. The first-order chi connectivity index (χ1) is 11.7. The molecule has 0 saturated carbocycles. The third-order valence-corrected chi connectivity index (χ3v) is 4.47. The topological polar surface area (TPSA) is 59.9 Å². The number of fused-ring (bicyclic) bond motifs is 1. The van der Waals surface area contributed by atoms with Crippen molar-refractivity contribution >= 4 is 35.5 Å². The highest BCUT2D eigenvalue weighted by molar-refractivity contribution is 7.99. The van der Waals surface area contributed by atoms with Gasteiger partial charge in [0.15, 0.2) is 11.5 Å². The van der Waals surface area contributed by atoms with Gasteiger partial charge in [-0.2, -0.15) is 5.10 Å². The molecule has 0 radical (unpaired) electrons. The largest absolute Gasteiger partial charge is 0.454 e. The Balaban J connectivity index is 1.41. The van der Waals surface area contributed by atoms with Gasteiger partial charge in [-0.25, -0.2) is 5.43 Å². The summed E-state index contributed by atoms with van der Waals surface area (Å²) >= 11 is 7.35. The van der Waals surface area contributed by atoms with Crippen molar-refractivity contribution in [3.63, 3.8) is 0 Å². The molecule has 1 aliphatic heterocycles. The van der Waals surface area contributed by atoms with Crippen molar-refractivity contribution in [3.8, 4) is 11.5 Å². The number of rotatable bonds is 6. The summed E-state index contributed by atoms with van der Waals surface area (Å²) in [4.78, 5) is 11.8. The maximum absolute atomic E-state index is 11.8. The van der Waals surface area contributed by atoms with Crippen molar-refractivity contribution < 1.29 is 14.3 Å². The molecule has 3 rings (SSSR count). The molecule has 0 spiro atoms. The standard InChI is InChI=1S/C17H15ClN2O3S/c18-14-4-1-12(2-5-14)9-24-10-17(21)20-19-8-13-3-6-15-16(7-13)23-11-22-15/h1-8H,9-11H2,(H,20,21). The van der Waals surface area contributed by atoms with Gasteiger partial charge in [-0.1, -0.05) is 23.7 Å². The van der Waals surface area contributed by atoms with Crippen LogP contribution in [-0.2, 0) is 10.5 Å². The summed E-state index contributed by atoms with van der Waals surface area (Å²) in [6, 6.07) is 13.1. The van der Waals surface area contributed by atoms with E-state index < -0.39 is 0 Å². The number of amides is 1. The fourth-order valence-corrected chi connectivity index (χ4v) is 2.95. The third kappa shape index (κ3) is 4.66. The molecular weight excluding hydrogens is 348 g/mol. The highest BCUT2D eigenvalue weighted by Gasteiger charge is 2.12. The molecule has 1 aliphatic rings. The lowest BCUT2D eigenvalue weighted by Crippen LogP contribution is -2.19. The maximum atomic E-state index is 11.8. The van der Waals surface area contributed by atoms with Gasteiger partial charge < -0.3 is 9.47 Å². The van der Waals surface area contributed by atoms with Crippen molar-refractivity contribution in [2.45, 2.75) is 5.75 Å². The second kappa shape index (κ2) is 8.08. The lowest BCUT2D eigenvalue weighted by Gasteiger charge is -2.02. The molecule has 0 unspecified atom stereocenters. The molecule has 0 saturated heterocycles. The van der Waals surface area contributed by atoms with Crippen molar-refractivity contribution in [1.82, 2.24) is 5.43 Å². The van der Waals surface area contributed by atoms with Crippen LogP contribution in [0.1, 0.15) is 11.1 Å². The summed E-state index contributed by atoms with van der Waals surface area (Å²) in [6.45, 7) is 0.234. The highest BCUT2D eigenvalue weighted by atomic mass is 35.5. The molecule has 0 fully saturated rings. The van der Waals surface area contributed by atoms with Crippen LogP contribution in [0.3, 0.4) is 0 Å². The summed E-state index contributed by atoms with van der Waals surface area (Å²) < 4.78 is 10.5. The molecule has 1 N–H and O–H groups in total. The minimum absolute atomic E-state index is 0.147. The minimum atomic E-state index is -0.147. The van der Waals surface area contributed by atoms with E-state index >= 15 is 0 Å². The lowest BCUT2D eigenvalue weighted by molar-refractivity contribution is -0.118. The molecule has 7 heteroatoms. The molecule has 2 aromatic rings. The van der Waals surface area contributed by atoms with Crippen LogP contribution >= 0.6 is 23.4 Å². The second-order valence-corrected chi connectivity index (χ2v) is 6.45. The van der Waals surface area contributed by atoms with Crippen LogP contribution in [0.5, 0.6) is 11.5 Å². The number of hydrazone groups is 1. The second-order valence-electron chi connectivity index (χ2n) is 5.03. The average molecular weight is 363 g/mol. The van der Waals surface area contributed by atoms with E-state index in [1.54, 1.807) is 6.21 Å². The Morgan fingerprint density at radius 3 is 2.83 bits per heavy atom. The van der Waals surface area contributed by atoms with E-state index in [-0.39, 0.29) is 12.7 Å². The van der Waals surface area contributed by atoms with Gasteiger partial charge in [0, 0.05) is 10.8 Å². The molecule has 1 amide bonds. The minimum Gasteiger partial charge on any atom is -0.454 e. The highest BCUT2D eigenvalue weighted by Crippen LogP contribution is 2.31. The van der Waals surface area contributed by atoms with Gasteiger partial charge in [-0.15, -0.1) is 11.8 Å². The number of carbonyl (C=O) groups is 1. The number of benzene rings is 2. The predicted molar refractivity (Wildman–Crippen MR) is 95.9 cm³/mol. The van der Waals surface area contributed by atoms with Crippen LogP contribution < -0.4 is 14.9 Å². The zero-order valence-corrected chi connectivity index (χ0v) is 14.3. The number of ether oxygens (including phenoxy) is 2. The quantitative estimate of drug-likeness (QED) is 0.631. The van der Waals surface area contributed by atoms with Gasteiger partial charge in [0.1, 0.15) is 0 Å². The van der Waals surface area contributed by atoms with Gasteiger partial charge in [0.2, 0.25) is 12.7 Å². The van der Waals surface area contributed by atoms with Crippen molar-refractivity contribution in [3.05, 3.63) is 58.6 Å². The first kappa shape index (κ1) is 16.7. The van der Waals surface area contributed by atoms with E-state index in [0.717, 1.165) is 22.6 Å². The van der Waals surface area contributed by atoms with Crippen LogP contribution in [0.2, 0.25) is 5.02 Å². The SMILES string of the molecule is O=C(CSCc1ccc(Cl)cc1)NN=Cc1ccc2c(c1)OCO2. The number of thioether (sulfide) groups is 1. The smallest absolute Gasteiger partial charge is 0.250 e. The zero-order valence-electron chi connectivity index (χ0n) is 12.7. The van der Waals surface area contributed by atoms with E-state index in [4.69, 9.17) is 21.1 Å². The Morgan fingerprint density at radius 2 is 2.00 bits per heavy atom. The number of hydrogen-bond donors (Lipinski definition) is 1. The molecule has 2 aromatic carbocycles. The summed E-state index contributed by atoms with van der Waals surface area (Å²) in [6.07, 6.45) is 1.57. The lowest BCUT2D eigenvalue weighted by atomic mass is 10.2. The number of hydrogen-bond acceptors (Lipinski definition) is 5. The number of halogens is 1. The van der Waals surface area contributed by atoms with Crippen LogP contribution in [0.4, 0.5) is 0 Å². The fraction of sp³-hybridized carbons (Fsp3) is 0.176. The first-order valence-corrected chi connectivity index (χ1v) is 8.78. The number of nitrogens with one attached hydrogen (secondary N) is 1. The molecule has 0 aromatic heterocycles. The molecule has 24 heavy (non-hydrogen) atoms. The van der Waals surface area contributed by atoms with E-state index in [9.17, 15) is 4.79 Å². The van der Waals surface area contributed by atoms with Crippen molar-refractivity contribution in [1.29, 1.82) is 0 Å². The Kier molecular flexibility index (Phi) is 5.61. The van der Waals surface area contributed by atoms with Crippen LogP contribution in [0.25, 0.3) is 0 Å². The molecule has 0 bridgehead atoms. The molecule has 5 nitrogen and oxygen atoms in total. The van der Waals surface area contributed by atoms with Gasteiger partial charge >= 0.3 is 0 Å². The van der Waals surface area contributed by atoms with Crippen LogP contribution in [0.15, 0.2) is 47.6 Å².